The molecule has 3 aromatic heterocycles. The molecular formula is C27H22F4N6O3S2. The van der Waals surface area contributed by atoms with Crippen molar-refractivity contribution in [2.75, 3.05) is 17.7 Å². The topological polar surface area (TPSA) is 128 Å². The lowest BCUT2D eigenvalue weighted by Crippen LogP contribution is -2.35. The minimum Gasteiger partial charge on any atom is -0.396 e. The van der Waals surface area contributed by atoms with Crippen molar-refractivity contribution in [3.05, 3.63) is 47.5 Å². The van der Waals surface area contributed by atoms with E-state index in [1.165, 1.54) is 6.07 Å². The molecule has 42 heavy (non-hydrogen) atoms. The Morgan fingerprint density at radius 1 is 0.905 bits per heavy atom. The van der Waals surface area contributed by atoms with Crippen LogP contribution in [-0.4, -0.2) is 55.7 Å². The van der Waals surface area contributed by atoms with E-state index in [1.807, 2.05) is 0 Å². The number of aromatic nitrogens is 4. The van der Waals surface area contributed by atoms with E-state index in [0.717, 1.165) is 40.9 Å². The molecule has 0 amide bonds. The van der Waals surface area contributed by atoms with E-state index in [0.29, 0.717) is 6.42 Å². The highest BCUT2D eigenvalue weighted by atomic mass is 32.1. The third-order valence-electron chi connectivity index (χ3n) is 7.31. The van der Waals surface area contributed by atoms with Gasteiger partial charge in [-0.2, -0.15) is 4.98 Å². The Morgan fingerprint density at radius 2 is 1.50 bits per heavy atom. The Hall–Kier alpha value is -3.50. The van der Waals surface area contributed by atoms with Crippen molar-refractivity contribution in [1.82, 2.24) is 19.9 Å². The number of hydrogen-bond donors (Lipinski definition) is 3. The first kappa shape index (κ1) is 27.3. The van der Waals surface area contributed by atoms with Crippen LogP contribution in [0, 0.1) is 29.2 Å². The number of rotatable bonds is 5. The van der Waals surface area contributed by atoms with Gasteiger partial charge in [-0.3, -0.25) is 0 Å². The third kappa shape index (κ3) is 4.55. The second-order valence-electron chi connectivity index (χ2n) is 10.7. The van der Waals surface area contributed by atoms with E-state index in [1.54, 1.807) is 13.8 Å². The fourth-order valence-electron chi connectivity index (χ4n) is 5.64. The van der Waals surface area contributed by atoms with Crippen LogP contribution in [0.4, 0.5) is 29.3 Å². The first-order valence-corrected chi connectivity index (χ1v) is 14.6. The summed E-state index contributed by atoms with van der Waals surface area (Å²) in [5.74, 6) is -4.29. The fourth-order valence-corrected chi connectivity index (χ4v) is 7.70. The quantitative estimate of drug-likeness (QED) is 0.219. The van der Waals surface area contributed by atoms with Crippen molar-refractivity contribution >= 4 is 54.9 Å². The van der Waals surface area contributed by atoms with Gasteiger partial charge in [0.05, 0.1) is 27.1 Å². The maximum Gasteiger partial charge on any atom is 0.222 e. The van der Waals surface area contributed by atoms with E-state index in [-0.39, 0.29) is 72.1 Å². The van der Waals surface area contributed by atoms with Gasteiger partial charge in [0, 0.05) is 24.7 Å². The molecule has 0 radical (unpaired) electrons. The molecule has 4 N–H and O–H groups in total. The zero-order valence-electron chi connectivity index (χ0n) is 22.0. The van der Waals surface area contributed by atoms with Crippen LogP contribution in [0.1, 0.15) is 20.3 Å². The van der Waals surface area contributed by atoms with Gasteiger partial charge in [0.15, 0.2) is 17.4 Å². The Bertz CT molecular complexity index is 1880. The van der Waals surface area contributed by atoms with Gasteiger partial charge in [-0.15, -0.1) is 22.7 Å². The summed E-state index contributed by atoms with van der Waals surface area (Å²) in [5, 5.41) is 13.8. The summed E-state index contributed by atoms with van der Waals surface area (Å²) in [5.41, 5.74) is 6.43. The Balaban J connectivity index is 1.42. The Kier molecular flexibility index (Phi) is 6.36. The van der Waals surface area contributed by atoms with Gasteiger partial charge in [0.2, 0.25) is 5.95 Å². The molecule has 5 aromatic rings. The first-order valence-electron chi connectivity index (χ1n) is 12.9. The van der Waals surface area contributed by atoms with Crippen LogP contribution in [0.25, 0.3) is 41.7 Å². The summed E-state index contributed by atoms with van der Waals surface area (Å²) in [4.78, 5) is 17.6. The maximum absolute atomic E-state index is 14.7. The van der Waals surface area contributed by atoms with Crippen molar-refractivity contribution in [3.8, 4) is 21.3 Å². The number of nitrogens with one attached hydrogen (secondary N) is 1. The average Bonchev–Trinajstić information content (AvgIpc) is 3.65. The second kappa shape index (κ2) is 9.77. The summed E-state index contributed by atoms with van der Waals surface area (Å²) >= 11 is 1.98. The molecule has 2 aromatic carbocycles. The van der Waals surface area contributed by atoms with Crippen molar-refractivity contribution in [2.45, 2.75) is 44.3 Å². The average molecular weight is 619 g/mol. The SMILES string of the molecule is CC1(C)O[C@@H]2[C@@H](CO)C[C@@H](Nc3nc(N)nc(-c4nc5c(F)cc(F)cc5s4)c3-c3nc4c(F)cc(F)cc4s3)[C@@H]2O1. The molecular weight excluding hydrogens is 596 g/mol. The predicted molar refractivity (Wildman–Crippen MR) is 150 cm³/mol. The van der Waals surface area contributed by atoms with Crippen LogP contribution in [0.5, 0.6) is 0 Å². The van der Waals surface area contributed by atoms with Gasteiger partial charge in [0.25, 0.3) is 0 Å². The van der Waals surface area contributed by atoms with Crippen molar-refractivity contribution in [2.24, 2.45) is 5.92 Å². The molecule has 1 saturated heterocycles. The van der Waals surface area contributed by atoms with Gasteiger partial charge < -0.3 is 25.6 Å². The van der Waals surface area contributed by atoms with Gasteiger partial charge in [-0.05, 0) is 32.4 Å². The molecule has 0 bridgehead atoms. The van der Waals surface area contributed by atoms with Crippen LogP contribution in [-0.2, 0) is 9.47 Å². The fraction of sp³-hybridized carbons (Fsp3) is 0.333. The molecule has 2 fully saturated rings. The van der Waals surface area contributed by atoms with Crippen LogP contribution < -0.4 is 11.1 Å². The summed E-state index contributed by atoms with van der Waals surface area (Å²) < 4.78 is 70.1. The highest BCUT2D eigenvalue weighted by molar-refractivity contribution is 7.22. The number of anilines is 2. The van der Waals surface area contributed by atoms with Gasteiger partial charge in [-0.25, -0.2) is 32.5 Å². The minimum atomic E-state index is -0.878. The number of fused-ring (bicyclic) bond motifs is 3. The summed E-state index contributed by atoms with van der Waals surface area (Å²) in [6.07, 6.45) is -0.372. The van der Waals surface area contributed by atoms with Crippen LogP contribution in [0.15, 0.2) is 24.3 Å². The van der Waals surface area contributed by atoms with Gasteiger partial charge >= 0.3 is 0 Å². The summed E-state index contributed by atoms with van der Waals surface area (Å²) in [6.45, 7) is 3.44. The smallest absolute Gasteiger partial charge is 0.222 e. The molecule has 15 heteroatoms. The number of halogens is 4. The summed E-state index contributed by atoms with van der Waals surface area (Å²) in [6, 6.07) is 3.40. The number of nitrogen functional groups attached to an aromatic ring is 1. The molecule has 0 unspecified atom stereocenters. The number of nitrogens with zero attached hydrogens (tertiary/aromatic N) is 4. The minimum absolute atomic E-state index is 0.0573. The summed E-state index contributed by atoms with van der Waals surface area (Å²) in [7, 11) is 0. The van der Waals surface area contributed by atoms with Crippen molar-refractivity contribution in [3.63, 3.8) is 0 Å². The van der Waals surface area contributed by atoms with Crippen LogP contribution >= 0.6 is 22.7 Å². The number of benzene rings is 2. The van der Waals surface area contributed by atoms with E-state index < -0.39 is 41.2 Å². The molecule has 218 valence electrons. The highest BCUT2D eigenvalue weighted by Gasteiger charge is 2.54. The normalized spacial score (nSPS) is 23.2. The number of aliphatic hydroxyl groups excluding tert-OH is 1. The molecule has 2 aliphatic rings. The van der Waals surface area contributed by atoms with E-state index >= 15 is 0 Å². The number of nitrogens with two attached hydrogens (primary N) is 1. The molecule has 4 atom stereocenters. The Morgan fingerprint density at radius 3 is 2.14 bits per heavy atom. The van der Waals surface area contributed by atoms with Crippen LogP contribution in [0.2, 0.25) is 0 Å². The molecule has 1 saturated carbocycles. The molecule has 1 aliphatic carbocycles. The van der Waals surface area contributed by atoms with E-state index in [4.69, 9.17) is 15.2 Å². The maximum atomic E-state index is 14.7. The standard InChI is InChI=1S/C27H22F4N6O3S2/c1-27(2)39-21-9(8-38)3-14(22(21)40-27)33-23-17(24-34-18-12(30)4-10(28)6-15(18)41-24)20(36-26(32)37-23)25-35-19-13(31)5-11(29)7-16(19)42-25/h4-7,9,14,21-22,38H,3,8H2,1-2H3,(H3,32,33,36,37)/t9-,14-,21-,22+/m1/s1. The van der Waals surface area contributed by atoms with Gasteiger partial charge in [-0.1, -0.05) is 0 Å². The number of thiazole rings is 2. The first-order chi connectivity index (χ1) is 20.0. The molecule has 4 heterocycles. The third-order valence-corrected chi connectivity index (χ3v) is 9.34. The number of ether oxygens (including phenoxy) is 2. The zero-order valence-corrected chi connectivity index (χ0v) is 23.6. The predicted octanol–water partition coefficient (Wildman–Crippen LogP) is 5.48. The lowest BCUT2D eigenvalue weighted by molar-refractivity contribution is -0.158. The number of aliphatic hydroxyl groups is 1. The highest BCUT2D eigenvalue weighted by Crippen LogP contribution is 2.46. The molecule has 7 rings (SSSR count). The zero-order chi connectivity index (χ0) is 29.5. The van der Waals surface area contributed by atoms with E-state index in [9.17, 15) is 22.7 Å². The monoisotopic (exact) mass is 618 g/mol. The molecule has 9 nitrogen and oxygen atoms in total. The Labute approximate surface area is 243 Å². The molecule has 0 spiro atoms. The van der Waals surface area contributed by atoms with Gasteiger partial charge in [0.1, 0.15) is 50.3 Å². The molecule has 1 aliphatic heterocycles. The van der Waals surface area contributed by atoms with Crippen LogP contribution in [0.3, 0.4) is 0 Å². The van der Waals surface area contributed by atoms with E-state index in [2.05, 4.69) is 25.3 Å². The van der Waals surface area contributed by atoms with Crippen molar-refractivity contribution < 1.29 is 32.1 Å². The largest absolute Gasteiger partial charge is 0.396 e. The van der Waals surface area contributed by atoms with Crippen molar-refractivity contribution in [1.29, 1.82) is 0 Å². The lowest BCUT2D eigenvalue weighted by atomic mass is 10.1. The lowest BCUT2D eigenvalue weighted by Gasteiger charge is -2.24. The number of hydrogen-bond acceptors (Lipinski definition) is 11. The second-order valence-corrected chi connectivity index (χ2v) is 12.7.